The zero-order valence-corrected chi connectivity index (χ0v) is 18.6. The average molecular weight is 454 g/mol. The number of hydrogen-bond acceptors (Lipinski definition) is 4. The number of piperidine rings is 1. The minimum atomic E-state index is -0.227. The number of carbonyl (C=O) groups excluding carboxylic acids is 2. The van der Waals surface area contributed by atoms with Gasteiger partial charge in [0.2, 0.25) is 11.8 Å². The fourth-order valence-corrected chi connectivity index (χ4v) is 4.24. The highest BCUT2D eigenvalue weighted by molar-refractivity contribution is 6.42. The van der Waals surface area contributed by atoms with Crippen LogP contribution in [0.4, 0.5) is 0 Å². The SMILES string of the molecule is O=C(/C=C/c1ccc(Cl)c(Cl)c1)N1CCC(=O)N(CCCN2CCCC(O)C2)CC1. The van der Waals surface area contributed by atoms with E-state index >= 15 is 0 Å². The first kappa shape index (κ1) is 23.1. The van der Waals surface area contributed by atoms with Crippen molar-refractivity contribution in [2.45, 2.75) is 31.8 Å². The molecule has 2 heterocycles. The van der Waals surface area contributed by atoms with Crippen LogP contribution in [0.5, 0.6) is 0 Å². The summed E-state index contributed by atoms with van der Waals surface area (Å²) in [5.41, 5.74) is 0.799. The van der Waals surface area contributed by atoms with E-state index in [0.717, 1.165) is 44.5 Å². The van der Waals surface area contributed by atoms with E-state index in [4.69, 9.17) is 23.2 Å². The Morgan fingerprint density at radius 2 is 1.97 bits per heavy atom. The van der Waals surface area contributed by atoms with Crippen LogP contribution in [0, 0.1) is 0 Å². The topological polar surface area (TPSA) is 64.1 Å². The predicted molar refractivity (Wildman–Crippen MR) is 120 cm³/mol. The maximum atomic E-state index is 12.6. The van der Waals surface area contributed by atoms with Crippen LogP contribution in [0.15, 0.2) is 24.3 Å². The minimum Gasteiger partial charge on any atom is -0.392 e. The first-order valence-corrected chi connectivity index (χ1v) is 11.3. The standard InChI is InChI=1S/C22H29Cl2N3O3/c23-19-6-4-17(15-20(19)24)5-7-21(29)27-12-8-22(30)26(13-14-27)11-2-10-25-9-1-3-18(28)16-25/h4-7,15,18,28H,1-3,8-14,16H2/b7-5+. The molecular weight excluding hydrogens is 425 g/mol. The van der Waals surface area contributed by atoms with Gasteiger partial charge in [-0.15, -0.1) is 0 Å². The highest BCUT2D eigenvalue weighted by Gasteiger charge is 2.23. The number of amides is 2. The number of β-amino-alcohol motifs (C(OH)–C–C–N with tert-alkyl or cyclic N) is 1. The Hall–Kier alpha value is -1.60. The van der Waals surface area contributed by atoms with Crippen LogP contribution < -0.4 is 0 Å². The van der Waals surface area contributed by atoms with Crippen molar-refractivity contribution in [3.8, 4) is 0 Å². The molecule has 6 nitrogen and oxygen atoms in total. The predicted octanol–water partition coefficient (Wildman–Crippen LogP) is 2.91. The third-order valence-electron chi connectivity index (χ3n) is 5.64. The molecule has 8 heteroatoms. The van der Waals surface area contributed by atoms with E-state index < -0.39 is 0 Å². The van der Waals surface area contributed by atoms with Gasteiger partial charge in [0.15, 0.2) is 0 Å². The zero-order valence-electron chi connectivity index (χ0n) is 17.1. The molecule has 3 rings (SSSR count). The normalized spacial score (nSPS) is 21.3. The fourth-order valence-electron chi connectivity index (χ4n) is 3.93. The number of aliphatic hydroxyl groups is 1. The summed E-state index contributed by atoms with van der Waals surface area (Å²) in [5, 5.41) is 10.7. The van der Waals surface area contributed by atoms with Gasteiger partial charge in [0.05, 0.1) is 16.1 Å². The summed E-state index contributed by atoms with van der Waals surface area (Å²) >= 11 is 11.9. The number of rotatable bonds is 6. The molecule has 0 spiro atoms. The van der Waals surface area contributed by atoms with E-state index in [1.54, 1.807) is 29.2 Å². The summed E-state index contributed by atoms with van der Waals surface area (Å²) in [4.78, 5) is 30.9. The number of aliphatic hydroxyl groups excluding tert-OH is 1. The molecule has 1 aromatic rings. The molecule has 2 aliphatic heterocycles. The van der Waals surface area contributed by atoms with Gasteiger partial charge in [0, 0.05) is 45.2 Å². The second kappa shape index (κ2) is 11.1. The monoisotopic (exact) mass is 453 g/mol. The van der Waals surface area contributed by atoms with E-state index in [1.807, 2.05) is 4.90 Å². The summed E-state index contributed by atoms with van der Waals surface area (Å²) in [6, 6.07) is 5.21. The molecule has 0 radical (unpaired) electrons. The minimum absolute atomic E-state index is 0.0949. The second-order valence-electron chi connectivity index (χ2n) is 7.91. The summed E-state index contributed by atoms with van der Waals surface area (Å²) in [6.45, 7) is 4.81. The third-order valence-corrected chi connectivity index (χ3v) is 6.38. The molecule has 30 heavy (non-hydrogen) atoms. The molecule has 1 aromatic carbocycles. The van der Waals surface area contributed by atoms with E-state index in [9.17, 15) is 14.7 Å². The third kappa shape index (κ3) is 6.71. The van der Waals surface area contributed by atoms with Crippen LogP contribution >= 0.6 is 23.2 Å². The second-order valence-corrected chi connectivity index (χ2v) is 8.73. The van der Waals surface area contributed by atoms with Crippen molar-refractivity contribution in [3.05, 3.63) is 39.9 Å². The molecule has 2 amide bonds. The number of likely N-dealkylation sites (tertiary alicyclic amines) is 1. The summed E-state index contributed by atoms with van der Waals surface area (Å²) in [7, 11) is 0. The Balaban J connectivity index is 1.46. The lowest BCUT2D eigenvalue weighted by molar-refractivity contribution is -0.130. The summed E-state index contributed by atoms with van der Waals surface area (Å²) in [6.07, 6.45) is 6.12. The lowest BCUT2D eigenvalue weighted by Crippen LogP contribution is -2.40. The highest BCUT2D eigenvalue weighted by atomic mass is 35.5. The van der Waals surface area contributed by atoms with Gasteiger partial charge in [0.25, 0.3) is 0 Å². The average Bonchev–Trinajstić information content (AvgIpc) is 2.91. The van der Waals surface area contributed by atoms with Gasteiger partial charge >= 0.3 is 0 Å². The Labute approximate surface area is 188 Å². The van der Waals surface area contributed by atoms with E-state index in [2.05, 4.69) is 4.90 Å². The number of benzene rings is 1. The largest absolute Gasteiger partial charge is 0.392 e. The van der Waals surface area contributed by atoms with Crippen molar-refractivity contribution in [1.29, 1.82) is 0 Å². The maximum Gasteiger partial charge on any atom is 0.246 e. The van der Waals surface area contributed by atoms with Crippen molar-refractivity contribution in [1.82, 2.24) is 14.7 Å². The molecule has 1 unspecified atom stereocenters. The lowest BCUT2D eigenvalue weighted by Gasteiger charge is -2.30. The van der Waals surface area contributed by atoms with E-state index in [0.29, 0.717) is 42.6 Å². The number of carbonyl (C=O) groups is 2. The summed E-state index contributed by atoms with van der Waals surface area (Å²) < 4.78 is 0. The molecule has 0 aromatic heterocycles. The van der Waals surface area contributed by atoms with Crippen LogP contribution in [-0.4, -0.2) is 83.5 Å². The Morgan fingerprint density at radius 1 is 1.13 bits per heavy atom. The number of hydrogen-bond donors (Lipinski definition) is 1. The van der Waals surface area contributed by atoms with Crippen molar-refractivity contribution in [2.24, 2.45) is 0 Å². The summed E-state index contributed by atoms with van der Waals surface area (Å²) in [5.74, 6) is -0.0181. The molecule has 2 aliphatic rings. The molecule has 2 saturated heterocycles. The van der Waals surface area contributed by atoms with Crippen molar-refractivity contribution in [2.75, 3.05) is 45.8 Å². The van der Waals surface area contributed by atoms with Gasteiger partial charge in [-0.05, 0) is 56.1 Å². The van der Waals surface area contributed by atoms with E-state index in [-0.39, 0.29) is 17.9 Å². The number of nitrogens with zero attached hydrogens (tertiary/aromatic N) is 3. The van der Waals surface area contributed by atoms with Crippen LogP contribution in [0.3, 0.4) is 0 Å². The van der Waals surface area contributed by atoms with Crippen molar-refractivity contribution < 1.29 is 14.7 Å². The van der Waals surface area contributed by atoms with Crippen LogP contribution in [0.2, 0.25) is 10.0 Å². The molecular formula is C22H29Cl2N3O3. The van der Waals surface area contributed by atoms with Gasteiger partial charge in [-0.2, -0.15) is 0 Å². The van der Waals surface area contributed by atoms with Gasteiger partial charge in [0.1, 0.15) is 0 Å². The van der Waals surface area contributed by atoms with Crippen LogP contribution in [-0.2, 0) is 9.59 Å². The Kier molecular flexibility index (Phi) is 8.57. The zero-order chi connectivity index (χ0) is 21.5. The molecule has 164 valence electrons. The van der Waals surface area contributed by atoms with Crippen LogP contribution in [0.1, 0.15) is 31.2 Å². The lowest BCUT2D eigenvalue weighted by atomic mass is 10.1. The number of halogens is 2. The fraction of sp³-hybridized carbons (Fsp3) is 0.545. The molecule has 0 saturated carbocycles. The molecule has 2 fully saturated rings. The van der Waals surface area contributed by atoms with Crippen LogP contribution in [0.25, 0.3) is 6.08 Å². The smallest absolute Gasteiger partial charge is 0.246 e. The molecule has 1 atom stereocenters. The molecule has 0 aliphatic carbocycles. The molecule has 1 N–H and O–H groups in total. The van der Waals surface area contributed by atoms with Crippen molar-refractivity contribution >= 4 is 41.1 Å². The Morgan fingerprint density at radius 3 is 2.73 bits per heavy atom. The van der Waals surface area contributed by atoms with Crippen molar-refractivity contribution in [3.63, 3.8) is 0 Å². The quantitative estimate of drug-likeness (QED) is 0.672. The first-order chi connectivity index (χ1) is 14.4. The molecule has 0 bridgehead atoms. The van der Waals surface area contributed by atoms with Gasteiger partial charge in [-0.1, -0.05) is 29.3 Å². The van der Waals surface area contributed by atoms with Gasteiger partial charge < -0.3 is 19.8 Å². The maximum absolute atomic E-state index is 12.6. The van der Waals surface area contributed by atoms with Gasteiger partial charge in [-0.3, -0.25) is 9.59 Å². The van der Waals surface area contributed by atoms with Gasteiger partial charge in [-0.25, -0.2) is 0 Å². The van der Waals surface area contributed by atoms with E-state index in [1.165, 1.54) is 6.08 Å². The Bertz CT molecular complexity index is 787. The first-order valence-electron chi connectivity index (χ1n) is 10.5. The highest BCUT2D eigenvalue weighted by Crippen LogP contribution is 2.23.